The fraction of sp³-hybridized carbons (Fsp3) is 1.00. The van der Waals surface area contributed by atoms with Crippen LogP contribution in [0.4, 0.5) is 0 Å². The Hall–Kier alpha value is 0.0799. The lowest BCUT2D eigenvalue weighted by Crippen LogP contribution is -2.38. The van der Waals surface area contributed by atoms with Gasteiger partial charge < -0.3 is 23.8 Å². The van der Waals surface area contributed by atoms with Crippen molar-refractivity contribution in [3.8, 4) is 0 Å². The van der Waals surface area contributed by atoms with Crippen LogP contribution in [-0.2, 0) is 32.6 Å². The molecule has 0 aromatic carbocycles. The topological polar surface area (TPSA) is 92.7 Å². The van der Waals surface area contributed by atoms with Crippen LogP contribution in [0, 0.1) is 0 Å². The first-order valence-electron chi connectivity index (χ1n) is 9.31. The smallest absolute Gasteiger partial charge is 0.381 e. The standard InChI is InChI=1S/C15H31B2O8P/c1-5-9-10(6-12(16)22-9)24-26(18,19)25-13-11(7-21-8(2)3)23-15(17)14(13)20-4/h8-15H,5-7,16-17H2,1-4H3,(H,18,19)/t9?,10?,11?,12?,13?,14-,15?/m1/s1. The zero-order chi connectivity index (χ0) is 19.5. The number of rotatable bonds is 9. The third kappa shape index (κ3) is 5.79. The molecule has 0 aliphatic carbocycles. The van der Waals surface area contributed by atoms with Gasteiger partial charge in [-0.15, -0.1) is 0 Å². The van der Waals surface area contributed by atoms with Crippen LogP contribution in [0.2, 0.25) is 0 Å². The number of hydrogen-bond donors (Lipinski definition) is 1. The molecular weight excluding hydrogens is 361 g/mol. The molecule has 0 spiro atoms. The van der Waals surface area contributed by atoms with Crippen LogP contribution in [0.3, 0.4) is 0 Å². The average Bonchev–Trinajstić information content (AvgIpc) is 3.03. The van der Waals surface area contributed by atoms with Crippen LogP contribution < -0.4 is 0 Å². The lowest BCUT2D eigenvalue weighted by Gasteiger charge is -2.27. The molecule has 2 fully saturated rings. The first kappa shape index (κ1) is 22.4. The van der Waals surface area contributed by atoms with Crippen molar-refractivity contribution in [3.63, 3.8) is 0 Å². The van der Waals surface area contributed by atoms with Crippen molar-refractivity contribution in [1.82, 2.24) is 0 Å². The monoisotopic (exact) mass is 392 g/mol. The van der Waals surface area contributed by atoms with Crippen molar-refractivity contribution < 1.29 is 37.5 Å². The molecule has 8 nitrogen and oxygen atoms in total. The van der Waals surface area contributed by atoms with E-state index in [9.17, 15) is 9.46 Å². The molecule has 11 heteroatoms. The summed E-state index contributed by atoms with van der Waals surface area (Å²) in [5, 5.41) is 0. The molecule has 0 saturated carbocycles. The van der Waals surface area contributed by atoms with E-state index in [4.69, 9.17) is 28.0 Å². The van der Waals surface area contributed by atoms with E-state index >= 15 is 0 Å². The zero-order valence-electron chi connectivity index (χ0n) is 16.5. The molecule has 2 saturated heterocycles. The minimum atomic E-state index is -4.33. The van der Waals surface area contributed by atoms with Gasteiger partial charge in [0.15, 0.2) is 0 Å². The third-order valence-corrected chi connectivity index (χ3v) is 5.77. The second-order valence-electron chi connectivity index (χ2n) is 7.27. The average molecular weight is 392 g/mol. The molecule has 2 aliphatic heterocycles. The Morgan fingerprint density at radius 1 is 1.19 bits per heavy atom. The summed E-state index contributed by atoms with van der Waals surface area (Å²) in [6.07, 6.45) is -1.19. The maximum Gasteiger partial charge on any atom is 0.473 e. The van der Waals surface area contributed by atoms with Crippen LogP contribution in [-0.4, -0.2) is 82.9 Å². The summed E-state index contributed by atoms with van der Waals surface area (Å²) in [6, 6.07) is -0.303. The quantitative estimate of drug-likeness (QED) is 0.427. The van der Waals surface area contributed by atoms with Gasteiger partial charge >= 0.3 is 7.82 Å². The Morgan fingerprint density at radius 2 is 1.88 bits per heavy atom. The molecule has 2 heterocycles. The molecular formula is C15H31B2O8P. The SMILES string of the molecule is BC1CC(OP(=O)(O)OC2C(COC(C)C)OC(B)[C@@H]2OC)C(CC)O1. The van der Waals surface area contributed by atoms with E-state index in [0.29, 0.717) is 12.8 Å². The summed E-state index contributed by atoms with van der Waals surface area (Å²) in [4.78, 5) is 10.3. The third-order valence-electron chi connectivity index (χ3n) is 4.72. The minimum absolute atomic E-state index is 0.00997. The minimum Gasteiger partial charge on any atom is -0.381 e. The number of methoxy groups -OCH3 is 1. The van der Waals surface area contributed by atoms with E-state index in [1.54, 1.807) is 0 Å². The number of phosphoric ester groups is 1. The molecule has 0 radical (unpaired) electrons. The Bertz CT molecular complexity index is 496. The van der Waals surface area contributed by atoms with Crippen LogP contribution in [0.1, 0.15) is 33.6 Å². The van der Waals surface area contributed by atoms with Gasteiger partial charge in [-0.25, -0.2) is 4.57 Å². The van der Waals surface area contributed by atoms with E-state index in [-0.39, 0.29) is 30.8 Å². The summed E-state index contributed by atoms with van der Waals surface area (Å²) >= 11 is 0. The molecule has 7 unspecified atom stereocenters. The van der Waals surface area contributed by atoms with Gasteiger partial charge in [-0.05, 0) is 26.7 Å². The molecule has 26 heavy (non-hydrogen) atoms. The second kappa shape index (κ2) is 9.52. The summed E-state index contributed by atoms with van der Waals surface area (Å²) in [7, 11) is 0.952. The summed E-state index contributed by atoms with van der Waals surface area (Å²) in [5.41, 5.74) is 0. The fourth-order valence-corrected chi connectivity index (χ4v) is 4.70. The molecule has 0 amide bonds. The molecule has 1 N–H and O–H groups in total. The predicted octanol–water partition coefficient (Wildman–Crippen LogP) is -0.187. The van der Waals surface area contributed by atoms with Gasteiger partial charge in [-0.1, -0.05) is 6.92 Å². The highest BCUT2D eigenvalue weighted by molar-refractivity contribution is 7.47. The zero-order valence-corrected chi connectivity index (χ0v) is 17.4. The van der Waals surface area contributed by atoms with Crippen molar-refractivity contribution >= 4 is 23.5 Å². The summed E-state index contributed by atoms with van der Waals surface area (Å²) in [6.45, 7) is 6.02. The lowest BCUT2D eigenvalue weighted by atomic mass is 9.93. The maximum absolute atomic E-state index is 12.6. The van der Waals surface area contributed by atoms with Gasteiger partial charge in [0.1, 0.15) is 34.0 Å². The molecule has 0 aromatic heterocycles. The highest BCUT2D eigenvalue weighted by Crippen LogP contribution is 2.50. The Kier molecular flexibility index (Phi) is 8.19. The van der Waals surface area contributed by atoms with E-state index in [1.165, 1.54) is 7.11 Å². The number of hydrogen-bond acceptors (Lipinski definition) is 7. The van der Waals surface area contributed by atoms with E-state index in [0.717, 1.165) is 0 Å². The van der Waals surface area contributed by atoms with E-state index < -0.39 is 32.2 Å². The molecule has 0 aromatic rings. The van der Waals surface area contributed by atoms with Crippen LogP contribution in [0.25, 0.3) is 0 Å². The summed E-state index contributed by atoms with van der Waals surface area (Å²) in [5.74, 6) is 0. The number of phosphoric acid groups is 1. The molecule has 2 aliphatic rings. The first-order chi connectivity index (χ1) is 12.2. The highest BCUT2D eigenvalue weighted by Gasteiger charge is 2.48. The normalized spacial score (nSPS) is 40.2. The van der Waals surface area contributed by atoms with Crippen molar-refractivity contribution in [2.24, 2.45) is 0 Å². The van der Waals surface area contributed by atoms with Crippen LogP contribution in [0.15, 0.2) is 0 Å². The van der Waals surface area contributed by atoms with E-state index in [1.807, 2.05) is 36.5 Å². The van der Waals surface area contributed by atoms with Gasteiger partial charge in [0, 0.05) is 13.1 Å². The second-order valence-corrected chi connectivity index (χ2v) is 8.63. The van der Waals surface area contributed by atoms with Crippen molar-refractivity contribution in [2.75, 3.05) is 13.7 Å². The van der Waals surface area contributed by atoms with Crippen LogP contribution >= 0.6 is 7.82 Å². The fourth-order valence-electron chi connectivity index (χ4n) is 3.52. The van der Waals surface area contributed by atoms with Crippen molar-refractivity contribution in [3.05, 3.63) is 0 Å². The molecule has 8 atom stereocenters. The lowest BCUT2D eigenvalue weighted by molar-refractivity contribution is -0.0557. The van der Waals surface area contributed by atoms with Gasteiger partial charge in [0.2, 0.25) is 0 Å². The Balaban J connectivity index is 2.04. The largest absolute Gasteiger partial charge is 0.473 e. The number of ether oxygens (including phenoxy) is 4. The van der Waals surface area contributed by atoms with Gasteiger partial charge in [0.25, 0.3) is 0 Å². The van der Waals surface area contributed by atoms with Gasteiger partial charge in [-0.2, -0.15) is 0 Å². The highest BCUT2D eigenvalue weighted by atomic mass is 31.2. The summed E-state index contributed by atoms with van der Waals surface area (Å²) < 4.78 is 46.2. The Morgan fingerprint density at radius 3 is 2.46 bits per heavy atom. The predicted molar refractivity (Wildman–Crippen MR) is 101 cm³/mol. The van der Waals surface area contributed by atoms with Gasteiger partial charge in [-0.3, -0.25) is 9.05 Å². The molecule has 150 valence electrons. The molecule has 0 bridgehead atoms. The maximum atomic E-state index is 12.6. The van der Waals surface area contributed by atoms with Crippen molar-refractivity contribution in [1.29, 1.82) is 0 Å². The first-order valence-corrected chi connectivity index (χ1v) is 10.8. The molecule has 2 rings (SSSR count). The van der Waals surface area contributed by atoms with Gasteiger partial charge in [0.05, 0.1) is 30.9 Å². The van der Waals surface area contributed by atoms with Crippen molar-refractivity contribution in [2.45, 2.75) is 82.2 Å². The Labute approximate surface area is 157 Å². The van der Waals surface area contributed by atoms with E-state index in [2.05, 4.69) is 0 Å². The van der Waals surface area contributed by atoms with Crippen LogP contribution in [0.5, 0.6) is 0 Å².